The van der Waals surface area contributed by atoms with Crippen LogP contribution in [0.25, 0.3) is 0 Å². The van der Waals surface area contributed by atoms with E-state index in [1.807, 2.05) is 31.2 Å². The Morgan fingerprint density at radius 3 is 3.00 bits per heavy atom. The largest absolute Gasteiger partial charge is 0.500 e. The first-order valence-electron chi connectivity index (χ1n) is 5.83. The molecule has 0 saturated carbocycles. The maximum absolute atomic E-state index is 6.21. The van der Waals surface area contributed by atoms with Gasteiger partial charge in [0.1, 0.15) is 6.26 Å². The van der Waals surface area contributed by atoms with Gasteiger partial charge in [-0.25, -0.2) is 0 Å². The highest BCUT2D eigenvalue weighted by atomic mass is 35.5. The molecule has 0 bridgehead atoms. The lowest BCUT2D eigenvalue weighted by molar-refractivity contribution is 0.0299. The van der Waals surface area contributed by atoms with Crippen molar-refractivity contribution in [3.8, 4) is 0 Å². The molecule has 2 rings (SSSR count). The number of halogens is 1. The fourth-order valence-corrected chi connectivity index (χ4v) is 2.15. The van der Waals surface area contributed by atoms with Crippen LogP contribution in [0.5, 0.6) is 0 Å². The molecule has 18 heavy (non-hydrogen) atoms. The summed E-state index contributed by atoms with van der Waals surface area (Å²) >= 11 is 6.21. The first-order valence-corrected chi connectivity index (χ1v) is 6.21. The molecule has 0 aliphatic carbocycles. The number of benzene rings is 1. The van der Waals surface area contributed by atoms with Crippen LogP contribution in [0.2, 0.25) is 5.02 Å². The van der Waals surface area contributed by atoms with Gasteiger partial charge in [-0.1, -0.05) is 36.4 Å². The van der Waals surface area contributed by atoms with Crippen LogP contribution < -0.4 is 5.32 Å². The van der Waals surface area contributed by atoms with Gasteiger partial charge in [-0.05, 0) is 19.1 Å². The summed E-state index contributed by atoms with van der Waals surface area (Å²) in [5.41, 5.74) is 0.944. The Morgan fingerprint density at radius 1 is 1.56 bits per heavy atom. The molecular weight excluding hydrogens is 250 g/mol. The molecule has 1 heterocycles. The number of hydrogen-bond donors (Lipinski definition) is 1. The highest BCUT2D eigenvalue weighted by Gasteiger charge is 2.37. The van der Waals surface area contributed by atoms with Crippen molar-refractivity contribution in [2.45, 2.75) is 12.6 Å². The standard InChI is InChI=1S/C14H16ClNO2/c1-3-14(12-7-5-6-8-13(12)15)16-11(10-18-14)9-17-4-2/h3,5-9,16H,1,4,10H2,2H3/b11-9+. The van der Waals surface area contributed by atoms with E-state index in [1.54, 1.807) is 12.3 Å². The van der Waals surface area contributed by atoms with Crippen molar-refractivity contribution in [3.63, 3.8) is 0 Å². The highest BCUT2D eigenvalue weighted by Crippen LogP contribution is 2.34. The van der Waals surface area contributed by atoms with Crippen LogP contribution in [0.4, 0.5) is 0 Å². The lowest BCUT2D eigenvalue weighted by Crippen LogP contribution is -2.35. The van der Waals surface area contributed by atoms with Crippen molar-refractivity contribution >= 4 is 11.6 Å². The summed E-state index contributed by atoms with van der Waals surface area (Å²) in [5.74, 6) is 0. The second-order valence-electron chi connectivity index (χ2n) is 3.93. The van der Waals surface area contributed by atoms with Crippen LogP contribution in [0.3, 0.4) is 0 Å². The molecule has 0 spiro atoms. The second-order valence-corrected chi connectivity index (χ2v) is 4.34. The van der Waals surface area contributed by atoms with Crippen LogP contribution >= 0.6 is 11.6 Å². The van der Waals surface area contributed by atoms with Gasteiger partial charge >= 0.3 is 0 Å². The molecule has 1 unspecified atom stereocenters. The van der Waals surface area contributed by atoms with E-state index in [0.717, 1.165) is 11.3 Å². The van der Waals surface area contributed by atoms with Crippen molar-refractivity contribution < 1.29 is 9.47 Å². The Kier molecular flexibility index (Phi) is 3.94. The average Bonchev–Trinajstić information content (AvgIpc) is 2.81. The highest BCUT2D eigenvalue weighted by molar-refractivity contribution is 6.31. The molecule has 1 atom stereocenters. The Hall–Kier alpha value is -1.45. The number of rotatable bonds is 4. The number of ether oxygens (including phenoxy) is 2. The summed E-state index contributed by atoms with van der Waals surface area (Å²) in [4.78, 5) is 0. The zero-order valence-electron chi connectivity index (χ0n) is 10.3. The molecular formula is C14H16ClNO2. The van der Waals surface area contributed by atoms with E-state index >= 15 is 0 Å². The van der Waals surface area contributed by atoms with E-state index in [-0.39, 0.29) is 0 Å². The minimum absolute atomic E-state index is 0.442. The Balaban J connectivity index is 2.29. The number of hydrogen-bond acceptors (Lipinski definition) is 3. The summed E-state index contributed by atoms with van der Waals surface area (Å²) in [7, 11) is 0. The molecule has 0 aromatic heterocycles. The van der Waals surface area contributed by atoms with Crippen LogP contribution in [-0.4, -0.2) is 13.2 Å². The van der Waals surface area contributed by atoms with Crippen LogP contribution in [0, 0.1) is 0 Å². The van der Waals surface area contributed by atoms with Crippen LogP contribution in [-0.2, 0) is 15.2 Å². The number of nitrogens with one attached hydrogen (secondary N) is 1. The van der Waals surface area contributed by atoms with E-state index in [1.165, 1.54) is 0 Å². The van der Waals surface area contributed by atoms with Crippen molar-refractivity contribution in [2.75, 3.05) is 13.2 Å². The third-order valence-electron chi connectivity index (χ3n) is 2.76. The zero-order valence-corrected chi connectivity index (χ0v) is 11.0. The lowest BCUT2D eigenvalue weighted by atomic mass is 10.0. The van der Waals surface area contributed by atoms with Gasteiger partial charge in [0.05, 0.1) is 18.9 Å². The van der Waals surface area contributed by atoms with E-state index in [2.05, 4.69) is 11.9 Å². The minimum atomic E-state index is -0.777. The predicted octanol–water partition coefficient (Wildman–Crippen LogP) is 3.18. The quantitative estimate of drug-likeness (QED) is 0.670. The van der Waals surface area contributed by atoms with Gasteiger partial charge in [-0.3, -0.25) is 0 Å². The minimum Gasteiger partial charge on any atom is -0.500 e. The molecule has 1 aromatic carbocycles. The molecule has 1 fully saturated rings. The van der Waals surface area contributed by atoms with E-state index in [4.69, 9.17) is 21.1 Å². The van der Waals surface area contributed by atoms with Crippen LogP contribution in [0.15, 0.2) is 48.9 Å². The summed E-state index contributed by atoms with van der Waals surface area (Å²) in [5, 5.41) is 3.90. The summed E-state index contributed by atoms with van der Waals surface area (Å²) < 4.78 is 11.1. The molecule has 4 heteroatoms. The third kappa shape index (κ3) is 2.37. The molecule has 1 aliphatic heterocycles. The average molecular weight is 266 g/mol. The van der Waals surface area contributed by atoms with Crippen molar-refractivity contribution in [3.05, 3.63) is 59.5 Å². The Morgan fingerprint density at radius 2 is 2.33 bits per heavy atom. The third-order valence-corrected chi connectivity index (χ3v) is 3.08. The smallest absolute Gasteiger partial charge is 0.186 e. The van der Waals surface area contributed by atoms with Crippen molar-refractivity contribution in [1.82, 2.24) is 5.32 Å². The monoisotopic (exact) mass is 265 g/mol. The van der Waals surface area contributed by atoms with E-state index in [9.17, 15) is 0 Å². The SMILES string of the molecule is C=CC1(c2ccccc2Cl)N/C(=C/OCC)CO1. The molecule has 96 valence electrons. The van der Waals surface area contributed by atoms with Gasteiger partial charge < -0.3 is 14.8 Å². The van der Waals surface area contributed by atoms with Crippen LogP contribution in [0.1, 0.15) is 12.5 Å². The van der Waals surface area contributed by atoms with Crippen molar-refractivity contribution in [1.29, 1.82) is 0 Å². The molecule has 1 aliphatic rings. The molecule has 1 aromatic rings. The van der Waals surface area contributed by atoms with Gasteiger partial charge in [0.25, 0.3) is 0 Å². The second kappa shape index (κ2) is 5.46. The summed E-state index contributed by atoms with van der Waals surface area (Å²) in [6, 6.07) is 7.55. The molecule has 0 amide bonds. The fraction of sp³-hybridized carbons (Fsp3) is 0.286. The molecule has 1 saturated heterocycles. The molecule has 0 radical (unpaired) electrons. The predicted molar refractivity (Wildman–Crippen MR) is 72.1 cm³/mol. The maximum atomic E-state index is 6.21. The van der Waals surface area contributed by atoms with Gasteiger partial charge in [0, 0.05) is 10.6 Å². The molecule has 1 N–H and O–H groups in total. The van der Waals surface area contributed by atoms with Gasteiger partial charge in [-0.2, -0.15) is 0 Å². The first kappa shape index (κ1) is 13.0. The summed E-state index contributed by atoms with van der Waals surface area (Å²) in [6.07, 6.45) is 3.38. The van der Waals surface area contributed by atoms with Gasteiger partial charge in [0.2, 0.25) is 0 Å². The normalized spacial score (nSPS) is 24.9. The van der Waals surface area contributed by atoms with Gasteiger partial charge in [0.15, 0.2) is 5.72 Å². The first-order chi connectivity index (χ1) is 8.72. The van der Waals surface area contributed by atoms with E-state index in [0.29, 0.717) is 18.2 Å². The molecule has 3 nitrogen and oxygen atoms in total. The lowest BCUT2D eigenvalue weighted by Gasteiger charge is -2.26. The van der Waals surface area contributed by atoms with E-state index < -0.39 is 5.72 Å². The van der Waals surface area contributed by atoms with Gasteiger partial charge in [-0.15, -0.1) is 0 Å². The topological polar surface area (TPSA) is 30.5 Å². The van der Waals surface area contributed by atoms with Crippen molar-refractivity contribution in [2.24, 2.45) is 0 Å². The maximum Gasteiger partial charge on any atom is 0.186 e. The fourth-order valence-electron chi connectivity index (χ4n) is 1.88. The Bertz CT molecular complexity index is 473. The zero-order chi connectivity index (χ0) is 13.0. The summed E-state index contributed by atoms with van der Waals surface area (Å²) in [6.45, 7) is 6.83. The Labute approximate surface area is 112 Å².